The maximum atomic E-state index is 10.7. The van der Waals surface area contributed by atoms with Gasteiger partial charge in [-0.3, -0.25) is 0 Å². The molecule has 0 fully saturated rings. The molecule has 19 heavy (non-hydrogen) atoms. The molecule has 0 bridgehead atoms. The molecule has 2 N–H and O–H groups in total. The Hall–Kier alpha value is -2.01. The topological polar surface area (TPSA) is 62.3 Å². The molecule has 1 aromatic heterocycles. The van der Waals surface area contributed by atoms with Crippen LogP contribution in [-0.4, -0.2) is 23.2 Å². The van der Waals surface area contributed by atoms with Crippen LogP contribution in [0.1, 0.15) is 5.69 Å². The van der Waals surface area contributed by atoms with E-state index >= 15 is 0 Å². The molecule has 2 rings (SSSR count). The lowest BCUT2D eigenvalue weighted by Gasteiger charge is -1.96. The highest BCUT2D eigenvalue weighted by atomic mass is 79.9. The van der Waals surface area contributed by atoms with Gasteiger partial charge in [0.05, 0.1) is 7.11 Å². The Kier molecular flexibility index (Phi) is 4.06. The maximum Gasteiger partial charge on any atom is 0.371 e. The number of hydrogen-bond acceptors (Lipinski definition) is 2. The van der Waals surface area contributed by atoms with Crippen molar-refractivity contribution in [3.05, 3.63) is 52.3 Å². The zero-order chi connectivity index (χ0) is 13.8. The molecule has 0 saturated carbocycles. The lowest BCUT2D eigenvalue weighted by molar-refractivity contribution is -0.136. The second-order valence-corrected chi connectivity index (χ2v) is 4.77. The summed E-state index contributed by atoms with van der Waals surface area (Å²) < 4.78 is 5.73. The summed E-state index contributed by atoms with van der Waals surface area (Å²) in [5, 5.41) is 9.86. The standard InChI is InChI=1S/C14H12BrNO3/c1-19-13(14(17)18)4-2-3-11-8-9-7-10(15)5-6-12(9)16-11/h2-8,16H,1H3,(H,17,18). The molecule has 0 aliphatic carbocycles. The second kappa shape index (κ2) is 5.75. The molecular weight excluding hydrogens is 310 g/mol. The van der Waals surface area contributed by atoms with Gasteiger partial charge in [-0.15, -0.1) is 0 Å². The molecule has 0 atom stereocenters. The number of halogens is 1. The Morgan fingerprint density at radius 2 is 2.21 bits per heavy atom. The zero-order valence-electron chi connectivity index (χ0n) is 10.2. The van der Waals surface area contributed by atoms with Crippen molar-refractivity contribution in [1.82, 2.24) is 4.98 Å². The molecule has 0 aliphatic rings. The quantitative estimate of drug-likeness (QED) is 0.514. The molecule has 0 aliphatic heterocycles. The number of rotatable bonds is 4. The van der Waals surface area contributed by atoms with E-state index in [2.05, 4.69) is 20.9 Å². The van der Waals surface area contributed by atoms with E-state index in [4.69, 9.17) is 9.84 Å². The number of H-pyrrole nitrogens is 1. The van der Waals surface area contributed by atoms with Gasteiger partial charge in [0, 0.05) is 21.1 Å². The Morgan fingerprint density at radius 3 is 2.89 bits per heavy atom. The third-order valence-corrected chi connectivity index (χ3v) is 3.05. The van der Waals surface area contributed by atoms with Crippen LogP contribution in [0.4, 0.5) is 0 Å². The highest BCUT2D eigenvalue weighted by molar-refractivity contribution is 9.10. The van der Waals surface area contributed by atoms with Gasteiger partial charge in [0.1, 0.15) is 0 Å². The highest BCUT2D eigenvalue weighted by Gasteiger charge is 2.03. The first-order chi connectivity index (χ1) is 9.10. The minimum atomic E-state index is -1.09. The van der Waals surface area contributed by atoms with Gasteiger partial charge in [-0.05, 0) is 36.4 Å². The number of aliphatic carboxylic acids is 1. The first kappa shape index (κ1) is 13.4. The van der Waals surface area contributed by atoms with E-state index in [1.54, 1.807) is 12.2 Å². The van der Waals surface area contributed by atoms with Gasteiger partial charge in [0.2, 0.25) is 5.76 Å². The number of aromatic amines is 1. The number of carboxylic acids is 1. The number of carboxylic acid groups (broad SMARTS) is 1. The third kappa shape index (κ3) is 3.26. The molecule has 5 heteroatoms. The number of methoxy groups -OCH3 is 1. The Labute approximate surface area is 118 Å². The van der Waals surface area contributed by atoms with Crippen LogP contribution in [0.15, 0.2) is 46.6 Å². The van der Waals surface area contributed by atoms with E-state index in [9.17, 15) is 4.79 Å². The Balaban J connectivity index is 2.24. The molecule has 98 valence electrons. The third-order valence-electron chi connectivity index (χ3n) is 2.56. The summed E-state index contributed by atoms with van der Waals surface area (Å²) >= 11 is 3.42. The molecule has 0 saturated heterocycles. The fourth-order valence-corrected chi connectivity index (χ4v) is 2.06. The molecule has 4 nitrogen and oxygen atoms in total. The van der Waals surface area contributed by atoms with E-state index < -0.39 is 5.97 Å². The summed E-state index contributed by atoms with van der Waals surface area (Å²) in [7, 11) is 1.33. The van der Waals surface area contributed by atoms with Crippen LogP contribution in [0.25, 0.3) is 17.0 Å². The number of aromatic nitrogens is 1. The zero-order valence-corrected chi connectivity index (χ0v) is 11.8. The van der Waals surface area contributed by atoms with Crippen LogP contribution in [-0.2, 0) is 9.53 Å². The van der Waals surface area contributed by atoms with Crippen LogP contribution in [0.2, 0.25) is 0 Å². The van der Waals surface area contributed by atoms with Gasteiger partial charge >= 0.3 is 5.97 Å². The number of benzene rings is 1. The second-order valence-electron chi connectivity index (χ2n) is 3.86. The molecule has 1 heterocycles. The van der Waals surface area contributed by atoms with Gasteiger partial charge in [-0.25, -0.2) is 4.79 Å². The maximum absolute atomic E-state index is 10.7. The minimum absolute atomic E-state index is 0.102. The van der Waals surface area contributed by atoms with Gasteiger partial charge in [0.15, 0.2) is 0 Å². The van der Waals surface area contributed by atoms with Crippen molar-refractivity contribution in [3.8, 4) is 0 Å². The van der Waals surface area contributed by atoms with Crippen molar-refractivity contribution in [2.24, 2.45) is 0 Å². The van der Waals surface area contributed by atoms with Crippen molar-refractivity contribution in [1.29, 1.82) is 0 Å². The average Bonchev–Trinajstić information content (AvgIpc) is 2.75. The van der Waals surface area contributed by atoms with Gasteiger partial charge in [-0.2, -0.15) is 0 Å². The first-order valence-electron chi connectivity index (χ1n) is 5.54. The SMILES string of the molecule is COC(=CC=Cc1cc2cc(Br)ccc2[nH]1)C(=O)O. The summed E-state index contributed by atoms with van der Waals surface area (Å²) in [6.45, 7) is 0. The summed E-state index contributed by atoms with van der Waals surface area (Å²) in [6, 6.07) is 7.93. The van der Waals surface area contributed by atoms with Gasteiger partial charge in [0.25, 0.3) is 0 Å². The number of nitrogens with one attached hydrogen (secondary N) is 1. The smallest absolute Gasteiger partial charge is 0.371 e. The number of ether oxygens (including phenoxy) is 1. The van der Waals surface area contributed by atoms with E-state index in [1.165, 1.54) is 13.2 Å². The molecule has 2 aromatic rings. The fourth-order valence-electron chi connectivity index (χ4n) is 1.68. The van der Waals surface area contributed by atoms with Crippen LogP contribution in [0, 0.1) is 0 Å². The van der Waals surface area contributed by atoms with E-state index in [-0.39, 0.29) is 5.76 Å². The highest BCUT2D eigenvalue weighted by Crippen LogP contribution is 2.21. The van der Waals surface area contributed by atoms with Crippen LogP contribution >= 0.6 is 15.9 Å². The van der Waals surface area contributed by atoms with Crippen molar-refractivity contribution >= 4 is 38.9 Å². The van der Waals surface area contributed by atoms with Crippen LogP contribution in [0.3, 0.4) is 0 Å². The molecule has 0 unspecified atom stereocenters. The van der Waals surface area contributed by atoms with Gasteiger partial charge in [-0.1, -0.05) is 22.0 Å². The van der Waals surface area contributed by atoms with E-state index in [0.717, 1.165) is 21.1 Å². The fraction of sp³-hybridized carbons (Fsp3) is 0.0714. The number of allylic oxidation sites excluding steroid dienone is 2. The monoisotopic (exact) mass is 321 g/mol. The number of carbonyl (C=O) groups is 1. The Bertz CT molecular complexity index is 670. The molecule has 0 radical (unpaired) electrons. The number of hydrogen-bond donors (Lipinski definition) is 2. The molecule has 0 spiro atoms. The van der Waals surface area contributed by atoms with Crippen LogP contribution in [0.5, 0.6) is 0 Å². The lowest BCUT2D eigenvalue weighted by Crippen LogP contribution is -2.01. The van der Waals surface area contributed by atoms with Crippen molar-refractivity contribution in [3.63, 3.8) is 0 Å². The van der Waals surface area contributed by atoms with Crippen molar-refractivity contribution in [2.75, 3.05) is 7.11 Å². The normalized spacial score (nSPS) is 12.2. The minimum Gasteiger partial charge on any atom is -0.490 e. The Morgan fingerprint density at radius 1 is 1.42 bits per heavy atom. The summed E-state index contributed by atoms with van der Waals surface area (Å²) in [5.41, 5.74) is 1.92. The summed E-state index contributed by atoms with van der Waals surface area (Å²) in [5.74, 6) is -1.19. The predicted molar refractivity (Wildman–Crippen MR) is 77.8 cm³/mol. The van der Waals surface area contributed by atoms with Crippen molar-refractivity contribution in [2.45, 2.75) is 0 Å². The molecule has 0 amide bonds. The largest absolute Gasteiger partial charge is 0.490 e. The predicted octanol–water partition coefficient (Wildman–Crippen LogP) is 3.56. The lowest BCUT2D eigenvalue weighted by atomic mass is 10.2. The van der Waals surface area contributed by atoms with Crippen LogP contribution < -0.4 is 0 Å². The van der Waals surface area contributed by atoms with Gasteiger partial charge < -0.3 is 14.8 Å². The molecular formula is C14H12BrNO3. The van der Waals surface area contributed by atoms with E-state index in [0.29, 0.717) is 0 Å². The summed E-state index contributed by atoms with van der Waals surface area (Å²) in [6.07, 6.45) is 4.83. The first-order valence-corrected chi connectivity index (χ1v) is 6.33. The average molecular weight is 322 g/mol. The van der Waals surface area contributed by atoms with Crippen molar-refractivity contribution < 1.29 is 14.6 Å². The van der Waals surface area contributed by atoms with E-state index in [1.807, 2.05) is 24.3 Å². The summed E-state index contributed by atoms with van der Waals surface area (Å²) in [4.78, 5) is 13.9. The molecule has 1 aromatic carbocycles. The number of fused-ring (bicyclic) bond motifs is 1.